The summed E-state index contributed by atoms with van der Waals surface area (Å²) >= 11 is 0. The summed E-state index contributed by atoms with van der Waals surface area (Å²) in [7, 11) is 4.05. The molecule has 0 aliphatic carbocycles. The topological polar surface area (TPSA) is 73.0 Å². The Hall–Kier alpha value is -3.06. The second kappa shape index (κ2) is 8.47. The first-order chi connectivity index (χ1) is 15.2. The smallest absolute Gasteiger partial charge is 0.202 e. The van der Waals surface area contributed by atoms with Crippen molar-refractivity contribution in [3.63, 3.8) is 0 Å². The molecule has 1 atom stereocenters. The number of pyridine rings is 1. The first-order valence-electron chi connectivity index (χ1n) is 11.2. The first kappa shape index (κ1) is 22.1. The van der Waals surface area contributed by atoms with Crippen molar-refractivity contribution >= 4 is 11.8 Å². The van der Waals surface area contributed by atoms with E-state index in [0.717, 1.165) is 49.3 Å². The SMILES string of the molecule is CN(C)C1=CC(N)(c2ccccc2C(C)(C)C)N=C(N2CCN(c3ccccn3)CC2)N1. The highest BCUT2D eigenvalue weighted by atomic mass is 15.4. The Morgan fingerprint density at radius 1 is 0.969 bits per heavy atom. The van der Waals surface area contributed by atoms with E-state index >= 15 is 0 Å². The number of hydrogen-bond acceptors (Lipinski definition) is 7. The highest BCUT2D eigenvalue weighted by Gasteiger charge is 2.36. The molecule has 2 aliphatic rings. The van der Waals surface area contributed by atoms with Gasteiger partial charge in [0.05, 0.1) is 0 Å². The number of piperazine rings is 1. The number of nitrogens with one attached hydrogen (secondary N) is 1. The molecule has 4 rings (SSSR count). The number of guanidine groups is 1. The van der Waals surface area contributed by atoms with Crippen LogP contribution in [0.5, 0.6) is 0 Å². The molecule has 0 bridgehead atoms. The van der Waals surface area contributed by atoms with Gasteiger partial charge in [0, 0.05) is 58.1 Å². The lowest BCUT2D eigenvalue weighted by atomic mass is 9.80. The second-order valence-corrected chi connectivity index (χ2v) is 9.77. The minimum Gasteiger partial charge on any atom is -0.364 e. The van der Waals surface area contributed by atoms with E-state index < -0.39 is 5.66 Å². The lowest BCUT2D eigenvalue weighted by molar-refractivity contribution is 0.351. The van der Waals surface area contributed by atoms with Crippen molar-refractivity contribution in [3.05, 3.63) is 71.7 Å². The minimum absolute atomic E-state index is 0.0377. The van der Waals surface area contributed by atoms with E-state index in [4.69, 9.17) is 10.7 Å². The lowest BCUT2D eigenvalue weighted by Gasteiger charge is -2.41. The van der Waals surface area contributed by atoms with Crippen molar-refractivity contribution in [2.75, 3.05) is 45.2 Å². The molecule has 32 heavy (non-hydrogen) atoms. The normalized spacial score (nSPS) is 21.6. The van der Waals surface area contributed by atoms with Crippen LogP contribution in [0.4, 0.5) is 5.82 Å². The van der Waals surface area contributed by atoms with Gasteiger partial charge >= 0.3 is 0 Å². The molecule has 7 nitrogen and oxygen atoms in total. The molecule has 0 amide bonds. The van der Waals surface area contributed by atoms with Gasteiger partial charge in [0.25, 0.3) is 0 Å². The van der Waals surface area contributed by atoms with Crippen molar-refractivity contribution in [1.29, 1.82) is 0 Å². The number of nitrogens with zero attached hydrogens (tertiary/aromatic N) is 5. The number of aliphatic imine (C=N–C) groups is 1. The third kappa shape index (κ3) is 4.43. The Labute approximate surface area is 191 Å². The molecule has 3 heterocycles. The molecule has 7 heteroatoms. The quantitative estimate of drug-likeness (QED) is 0.775. The average Bonchev–Trinajstić information content (AvgIpc) is 2.79. The summed E-state index contributed by atoms with van der Waals surface area (Å²) in [4.78, 5) is 16.2. The Morgan fingerprint density at radius 2 is 1.62 bits per heavy atom. The zero-order chi connectivity index (χ0) is 22.9. The van der Waals surface area contributed by atoms with E-state index in [1.165, 1.54) is 5.56 Å². The molecular weight excluding hydrogens is 398 g/mol. The number of rotatable bonds is 3. The number of hydrogen-bond donors (Lipinski definition) is 2. The zero-order valence-electron chi connectivity index (χ0n) is 19.8. The third-order valence-corrected chi connectivity index (χ3v) is 6.09. The molecule has 1 fully saturated rings. The van der Waals surface area contributed by atoms with E-state index in [0.29, 0.717) is 0 Å². The van der Waals surface area contributed by atoms with Gasteiger partial charge in [-0.05, 0) is 23.1 Å². The van der Waals surface area contributed by atoms with Crippen LogP contribution in [-0.2, 0) is 11.1 Å². The van der Waals surface area contributed by atoms with E-state index in [1.807, 2.05) is 44.6 Å². The summed E-state index contributed by atoms with van der Waals surface area (Å²) in [5.74, 6) is 2.79. The third-order valence-electron chi connectivity index (χ3n) is 6.09. The van der Waals surface area contributed by atoms with Gasteiger partial charge in [-0.2, -0.15) is 0 Å². The van der Waals surface area contributed by atoms with Crippen molar-refractivity contribution in [2.24, 2.45) is 10.7 Å². The number of aromatic nitrogens is 1. The summed E-state index contributed by atoms with van der Waals surface area (Å²) in [6.45, 7) is 10.1. The van der Waals surface area contributed by atoms with Gasteiger partial charge in [-0.3, -0.25) is 5.73 Å². The summed E-state index contributed by atoms with van der Waals surface area (Å²) < 4.78 is 0. The average molecular weight is 434 g/mol. The molecule has 0 radical (unpaired) electrons. The van der Waals surface area contributed by atoms with Crippen LogP contribution in [0.2, 0.25) is 0 Å². The van der Waals surface area contributed by atoms with Crippen LogP contribution in [0.25, 0.3) is 0 Å². The fourth-order valence-electron chi connectivity index (χ4n) is 4.30. The molecule has 1 aromatic heterocycles. The fraction of sp³-hybridized carbons (Fsp3) is 0.440. The van der Waals surface area contributed by atoms with Crippen LogP contribution in [0.15, 0.2) is 65.6 Å². The summed E-state index contributed by atoms with van der Waals surface area (Å²) in [5, 5.41) is 3.51. The zero-order valence-corrected chi connectivity index (χ0v) is 19.8. The molecule has 1 saturated heterocycles. The predicted molar refractivity (Wildman–Crippen MR) is 131 cm³/mol. The predicted octanol–water partition coefficient (Wildman–Crippen LogP) is 2.67. The molecule has 2 aromatic rings. The Morgan fingerprint density at radius 3 is 2.25 bits per heavy atom. The van der Waals surface area contributed by atoms with Gasteiger partial charge in [-0.1, -0.05) is 51.1 Å². The second-order valence-electron chi connectivity index (χ2n) is 9.77. The summed E-state index contributed by atoms with van der Waals surface area (Å²) in [6.07, 6.45) is 3.88. The maximum Gasteiger partial charge on any atom is 0.202 e. The van der Waals surface area contributed by atoms with Crippen molar-refractivity contribution in [3.8, 4) is 0 Å². The molecule has 3 N–H and O–H groups in total. The lowest BCUT2D eigenvalue weighted by Crippen LogP contribution is -2.56. The molecule has 0 saturated carbocycles. The molecule has 1 unspecified atom stereocenters. The van der Waals surface area contributed by atoms with Gasteiger partial charge < -0.3 is 20.0 Å². The van der Waals surface area contributed by atoms with Crippen LogP contribution < -0.4 is 16.0 Å². The maximum absolute atomic E-state index is 7.04. The van der Waals surface area contributed by atoms with Crippen LogP contribution >= 0.6 is 0 Å². The molecular formula is C25H35N7. The number of anilines is 1. The molecule has 170 valence electrons. The van der Waals surface area contributed by atoms with Crippen LogP contribution in [-0.4, -0.2) is 61.0 Å². The fourth-order valence-corrected chi connectivity index (χ4v) is 4.30. The van der Waals surface area contributed by atoms with E-state index in [-0.39, 0.29) is 5.41 Å². The molecule has 2 aliphatic heterocycles. The van der Waals surface area contributed by atoms with Crippen LogP contribution in [0.1, 0.15) is 31.9 Å². The maximum atomic E-state index is 7.04. The Bertz CT molecular complexity index is 998. The van der Waals surface area contributed by atoms with E-state index in [2.05, 4.69) is 70.0 Å². The van der Waals surface area contributed by atoms with Crippen molar-refractivity contribution in [1.82, 2.24) is 20.1 Å². The number of benzene rings is 1. The van der Waals surface area contributed by atoms with Gasteiger partial charge in [-0.25, -0.2) is 9.98 Å². The van der Waals surface area contributed by atoms with E-state index in [9.17, 15) is 0 Å². The van der Waals surface area contributed by atoms with Gasteiger partial charge in [0.2, 0.25) is 5.96 Å². The standard InChI is InChI=1S/C25H35N7/c1-24(2,3)19-10-6-7-11-20(19)25(26)18-22(30(4)5)28-23(29-25)32-16-14-31(15-17-32)21-12-8-9-13-27-21/h6-13,18H,14-17,26H2,1-5H3,(H,28,29). The van der Waals surface area contributed by atoms with Gasteiger partial charge in [0.15, 0.2) is 5.66 Å². The Balaban J connectivity index is 1.64. The largest absolute Gasteiger partial charge is 0.364 e. The molecule has 1 aromatic carbocycles. The Kier molecular flexibility index (Phi) is 5.86. The summed E-state index contributed by atoms with van der Waals surface area (Å²) in [5.41, 5.74) is 8.31. The minimum atomic E-state index is -0.942. The van der Waals surface area contributed by atoms with E-state index in [1.54, 1.807) is 0 Å². The summed E-state index contributed by atoms with van der Waals surface area (Å²) in [6, 6.07) is 14.4. The first-order valence-corrected chi connectivity index (χ1v) is 11.2. The van der Waals surface area contributed by atoms with Crippen LogP contribution in [0.3, 0.4) is 0 Å². The molecule has 0 spiro atoms. The van der Waals surface area contributed by atoms with Gasteiger partial charge in [0.1, 0.15) is 11.6 Å². The van der Waals surface area contributed by atoms with Crippen LogP contribution in [0, 0.1) is 0 Å². The highest BCUT2D eigenvalue weighted by Crippen LogP contribution is 2.35. The monoisotopic (exact) mass is 433 g/mol. The number of nitrogens with two attached hydrogens (primary N) is 1. The van der Waals surface area contributed by atoms with Crippen molar-refractivity contribution in [2.45, 2.75) is 31.8 Å². The van der Waals surface area contributed by atoms with Crippen molar-refractivity contribution < 1.29 is 0 Å². The van der Waals surface area contributed by atoms with Gasteiger partial charge in [-0.15, -0.1) is 0 Å². The highest BCUT2D eigenvalue weighted by molar-refractivity contribution is 5.84.